The molecule has 0 aliphatic carbocycles. The lowest BCUT2D eigenvalue weighted by Gasteiger charge is -2.24. The molecule has 4 nitrogen and oxygen atoms in total. The van der Waals surface area contributed by atoms with E-state index in [2.05, 4.69) is 29.2 Å². The lowest BCUT2D eigenvalue weighted by molar-refractivity contribution is -0.130. The minimum Gasteiger partial charge on any atom is -0.383 e. The molecule has 0 radical (unpaired) electrons. The Labute approximate surface area is 125 Å². The predicted octanol–water partition coefficient (Wildman–Crippen LogP) is 2.36. The summed E-state index contributed by atoms with van der Waals surface area (Å²) < 4.78 is 5.11. The Kier molecular flexibility index (Phi) is 4.94. The number of carbonyl (C=O) groups excluding carboxylic acids is 1. The van der Waals surface area contributed by atoms with E-state index in [-0.39, 0.29) is 16.5 Å². The van der Waals surface area contributed by atoms with Gasteiger partial charge in [-0.15, -0.1) is 11.8 Å². The zero-order valence-corrected chi connectivity index (χ0v) is 13.3. The van der Waals surface area contributed by atoms with Gasteiger partial charge in [0.1, 0.15) is 5.37 Å². The molecule has 1 aliphatic heterocycles. The van der Waals surface area contributed by atoms with Crippen LogP contribution < -0.4 is 4.90 Å². The number of methoxy groups -OCH3 is 1. The molecular formula is C15H22N2O2S. The maximum absolute atomic E-state index is 12.2. The van der Waals surface area contributed by atoms with Gasteiger partial charge in [0.2, 0.25) is 5.91 Å². The van der Waals surface area contributed by atoms with Gasteiger partial charge < -0.3 is 14.5 Å². The fourth-order valence-corrected chi connectivity index (χ4v) is 3.60. The van der Waals surface area contributed by atoms with E-state index in [9.17, 15) is 4.79 Å². The van der Waals surface area contributed by atoms with Crippen molar-refractivity contribution < 1.29 is 9.53 Å². The summed E-state index contributed by atoms with van der Waals surface area (Å²) in [4.78, 5) is 16.2. The molecule has 1 heterocycles. The van der Waals surface area contributed by atoms with Crippen LogP contribution in [0.15, 0.2) is 24.3 Å². The SMILES string of the molecule is COCCN1C(=O)[C@@H](C)S[C@H]1c1ccc(N(C)C)cc1. The van der Waals surface area contributed by atoms with E-state index in [1.54, 1.807) is 18.9 Å². The van der Waals surface area contributed by atoms with Gasteiger partial charge in [-0.1, -0.05) is 12.1 Å². The lowest BCUT2D eigenvalue weighted by atomic mass is 10.1. The van der Waals surface area contributed by atoms with Crippen molar-refractivity contribution in [3.8, 4) is 0 Å². The first-order valence-electron chi connectivity index (χ1n) is 6.76. The molecule has 0 unspecified atom stereocenters. The summed E-state index contributed by atoms with van der Waals surface area (Å²) in [6, 6.07) is 8.41. The van der Waals surface area contributed by atoms with Crippen LogP contribution in [0.2, 0.25) is 0 Å². The van der Waals surface area contributed by atoms with Gasteiger partial charge in [0.05, 0.1) is 11.9 Å². The second kappa shape index (κ2) is 6.50. The highest BCUT2D eigenvalue weighted by Crippen LogP contribution is 2.42. The second-order valence-electron chi connectivity index (χ2n) is 5.14. The molecule has 0 saturated carbocycles. The van der Waals surface area contributed by atoms with Crippen molar-refractivity contribution >= 4 is 23.4 Å². The van der Waals surface area contributed by atoms with Crippen LogP contribution >= 0.6 is 11.8 Å². The van der Waals surface area contributed by atoms with Gasteiger partial charge in [-0.3, -0.25) is 4.79 Å². The highest BCUT2D eigenvalue weighted by Gasteiger charge is 2.37. The van der Waals surface area contributed by atoms with Crippen LogP contribution in [0.3, 0.4) is 0 Å². The monoisotopic (exact) mass is 294 g/mol. The fraction of sp³-hybridized carbons (Fsp3) is 0.533. The molecule has 1 amide bonds. The number of hydrogen-bond donors (Lipinski definition) is 0. The molecule has 2 atom stereocenters. The smallest absolute Gasteiger partial charge is 0.236 e. The average molecular weight is 294 g/mol. The van der Waals surface area contributed by atoms with E-state index in [0.717, 1.165) is 0 Å². The van der Waals surface area contributed by atoms with Crippen LogP contribution in [0.1, 0.15) is 17.9 Å². The van der Waals surface area contributed by atoms with Crippen molar-refractivity contribution in [2.45, 2.75) is 17.5 Å². The molecule has 1 fully saturated rings. The number of benzene rings is 1. The van der Waals surface area contributed by atoms with Gasteiger partial charge in [0.15, 0.2) is 0 Å². The van der Waals surface area contributed by atoms with Gasteiger partial charge >= 0.3 is 0 Å². The van der Waals surface area contributed by atoms with E-state index in [4.69, 9.17) is 4.74 Å². The number of hydrogen-bond acceptors (Lipinski definition) is 4. The zero-order valence-electron chi connectivity index (χ0n) is 12.5. The molecule has 1 aliphatic rings. The van der Waals surface area contributed by atoms with Crippen LogP contribution in [0.4, 0.5) is 5.69 Å². The summed E-state index contributed by atoms with van der Waals surface area (Å²) in [7, 11) is 5.71. The molecule has 110 valence electrons. The molecule has 1 aromatic carbocycles. The lowest BCUT2D eigenvalue weighted by Crippen LogP contribution is -2.33. The Morgan fingerprint density at radius 2 is 1.95 bits per heavy atom. The molecule has 0 aromatic heterocycles. The standard InChI is InChI=1S/C15H22N2O2S/c1-11-14(18)17(9-10-19-4)15(20-11)12-5-7-13(8-6-12)16(2)3/h5-8,11,15H,9-10H2,1-4H3/t11-,15+/m1/s1. The van der Waals surface area contributed by atoms with Gasteiger partial charge in [0, 0.05) is 33.4 Å². The van der Waals surface area contributed by atoms with Crippen LogP contribution in [0.25, 0.3) is 0 Å². The largest absolute Gasteiger partial charge is 0.383 e. The zero-order chi connectivity index (χ0) is 14.7. The first kappa shape index (κ1) is 15.2. The molecule has 20 heavy (non-hydrogen) atoms. The van der Waals surface area contributed by atoms with Crippen molar-refractivity contribution in [2.75, 3.05) is 39.3 Å². The molecule has 1 aromatic rings. The number of rotatable bonds is 5. The van der Waals surface area contributed by atoms with E-state index in [1.165, 1.54) is 11.3 Å². The first-order valence-corrected chi connectivity index (χ1v) is 7.71. The maximum atomic E-state index is 12.2. The average Bonchev–Trinajstić information content (AvgIpc) is 2.72. The van der Waals surface area contributed by atoms with Crippen molar-refractivity contribution in [1.82, 2.24) is 4.90 Å². The normalized spacial score (nSPS) is 22.4. The Morgan fingerprint density at radius 1 is 1.30 bits per heavy atom. The van der Waals surface area contributed by atoms with Crippen LogP contribution in [0, 0.1) is 0 Å². The molecule has 0 N–H and O–H groups in total. The minimum absolute atomic E-state index is 0.0189. The van der Waals surface area contributed by atoms with Crippen molar-refractivity contribution in [2.24, 2.45) is 0 Å². The van der Waals surface area contributed by atoms with Crippen molar-refractivity contribution in [3.05, 3.63) is 29.8 Å². The minimum atomic E-state index is 0.0189. The van der Waals surface area contributed by atoms with Gasteiger partial charge in [0.25, 0.3) is 0 Å². The van der Waals surface area contributed by atoms with Crippen LogP contribution in [-0.4, -0.2) is 50.4 Å². The Morgan fingerprint density at radius 3 is 2.50 bits per heavy atom. The first-order chi connectivity index (χ1) is 9.54. The summed E-state index contributed by atoms with van der Waals surface area (Å²) in [5, 5.41) is 0.120. The van der Waals surface area contributed by atoms with E-state index < -0.39 is 0 Å². The van der Waals surface area contributed by atoms with E-state index >= 15 is 0 Å². The number of nitrogens with zero attached hydrogens (tertiary/aromatic N) is 2. The molecule has 0 bridgehead atoms. The van der Waals surface area contributed by atoms with Gasteiger partial charge in [-0.2, -0.15) is 0 Å². The number of ether oxygens (including phenoxy) is 1. The highest BCUT2D eigenvalue weighted by molar-refractivity contribution is 8.01. The molecule has 0 spiro atoms. The summed E-state index contributed by atoms with van der Waals surface area (Å²) in [5.74, 6) is 0.203. The van der Waals surface area contributed by atoms with Gasteiger partial charge in [-0.05, 0) is 24.6 Å². The molecular weight excluding hydrogens is 272 g/mol. The Hall–Kier alpha value is -1.20. The third-order valence-electron chi connectivity index (χ3n) is 3.48. The molecule has 2 rings (SSSR count). The van der Waals surface area contributed by atoms with Crippen LogP contribution in [0.5, 0.6) is 0 Å². The third-order valence-corrected chi connectivity index (χ3v) is 4.87. The third kappa shape index (κ3) is 3.10. The quantitative estimate of drug-likeness (QED) is 0.834. The second-order valence-corrected chi connectivity index (χ2v) is 6.57. The fourth-order valence-electron chi connectivity index (χ4n) is 2.29. The van der Waals surface area contributed by atoms with Crippen LogP contribution in [-0.2, 0) is 9.53 Å². The van der Waals surface area contributed by atoms with E-state index in [0.29, 0.717) is 13.2 Å². The van der Waals surface area contributed by atoms with Crippen molar-refractivity contribution in [3.63, 3.8) is 0 Å². The topological polar surface area (TPSA) is 32.8 Å². The summed E-state index contributed by atoms with van der Waals surface area (Å²) in [6.45, 7) is 3.19. The summed E-state index contributed by atoms with van der Waals surface area (Å²) >= 11 is 1.71. The number of carbonyl (C=O) groups is 1. The maximum Gasteiger partial charge on any atom is 0.236 e. The number of amides is 1. The van der Waals surface area contributed by atoms with E-state index in [1.807, 2.05) is 25.9 Å². The predicted molar refractivity (Wildman–Crippen MR) is 84.2 cm³/mol. The highest BCUT2D eigenvalue weighted by atomic mass is 32.2. The van der Waals surface area contributed by atoms with Crippen molar-refractivity contribution in [1.29, 1.82) is 0 Å². The summed E-state index contributed by atoms with van der Waals surface area (Å²) in [5.41, 5.74) is 2.34. The Balaban J connectivity index is 2.18. The Bertz CT molecular complexity index is 461. The molecule has 1 saturated heterocycles. The number of thioether (sulfide) groups is 1. The number of anilines is 1. The van der Waals surface area contributed by atoms with Gasteiger partial charge in [-0.25, -0.2) is 0 Å². The summed E-state index contributed by atoms with van der Waals surface area (Å²) in [6.07, 6.45) is 0. The molecule has 5 heteroatoms.